The van der Waals surface area contributed by atoms with Crippen molar-refractivity contribution in [1.29, 1.82) is 0 Å². The zero-order chi connectivity index (χ0) is 20.5. The minimum absolute atomic E-state index is 0.0285. The van der Waals surface area contributed by atoms with Gasteiger partial charge in [-0.2, -0.15) is 0 Å². The third-order valence-electron chi connectivity index (χ3n) is 5.59. The van der Waals surface area contributed by atoms with Crippen molar-refractivity contribution in [2.75, 3.05) is 13.7 Å². The summed E-state index contributed by atoms with van der Waals surface area (Å²) < 4.78 is 16.4. The first-order valence-electron chi connectivity index (χ1n) is 10.0. The minimum Gasteiger partial charge on any atom is -0.496 e. The van der Waals surface area contributed by atoms with Crippen LogP contribution < -0.4 is 4.74 Å². The summed E-state index contributed by atoms with van der Waals surface area (Å²) in [6.45, 7) is 8.19. The van der Waals surface area contributed by atoms with E-state index in [1.165, 1.54) is 0 Å². The number of benzene rings is 1. The Morgan fingerprint density at radius 3 is 2.54 bits per heavy atom. The van der Waals surface area contributed by atoms with Gasteiger partial charge in [-0.15, -0.1) is 0 Å². The Morgan fingerprint density at radius 2 is 1.89 bits per heavy atom. The number of esters is 1. The van der Waals surface area contributed by atoms with Gasteiger partial charge in [-0.25, -0.2) is 4.79 Å². The molecule has 0 N–H and O–H groups in total. The number of amides is 1. The Labute approximate surface area is 167 Å². The van der Waals surface area contributed by atoms with E-state index >= 15 is 0 Å². The van der Waals surface area contributed by atoms with Gasteiger partial charge in [0.25, 0.3) is 0 Å². The van der Waals surface area contributed by atoms with Gasteiger partial charge in [0.1, 0.15) is 11.4 Å². The minimum atomic E-state index is -0.585. The van der Waals surface area contributed by atoms with E-state index in [1.54, 1.807) is 12.0 Å². The average molecular weight is 389 g/mol. The monoisotopic (exact) mass is 389 g/mol. The van der Waals surface area contributed by atoms with Crippen molar-refractivity contribution in [2.45, 2.75) is 58.7 Å². The molecule has 2 fully saturated rings. The van der Waals surface area contributed by atoms with E-state index in [0.29, 0.717) is 19.1 Å². The molecule has 1 aromatic carbocycles. The molecule has 0 aliphatic heterocycles. The number of ether oxygens (including phenoxy) is 3. The lowest BCUT2D eigenvalue weighted by Gasteiger charge is -2.33. The van der Waals surface area contributed by atoms with E-state index in [1.807, 2.05) is 52.0 Å². The summed E-state index contributed by atoms with van der Waals surface area (Å²) in [5, 5.41) is 0. The first-order valence-corrected chi connectivity index (χ1v) is 10.0. The number of nitrogens with zero attached hydrogens (tertiary/aromatic N) is 1. The van der Waals surface area contributed by atoms with E-state index in [9.17, 15) is 9.59 Å². The van der Waals surface area contributed by atoms with E-state index in [0.717, 1.165) is 24.2 Å². The fourth-order valence-electron chi connectivity index (χ4n) is 4.44. The van der Waals surface area contributed by atoms with Crippen molar-refractivity contribution in [1.82, 2.24) is 4.90 Å². The second kappa shape index (κ2) is 8.02. The lowest BCUT2D eigenvalue weighted by atomic mass is 10.0. The molecule has 154 valence electrons. The van der Waals surface area contributed by atoms with Crippen molar-refractivity contribution in [3.05, 3.63) is 29.8 Å². The highest BCUT2D eigenvalue weighted by Crippen LogP contribution is 2.59. The van der Waals surface area contributed by atoms with Crippen LogP contribution in [0.3, 0.4) is 0 Å². The topological polar surface area (TPSA) is 65.1 Å². The van der Waals surface area contributed by atoms with Crippen LogP contribution in [0, 0.1) is 17.8 Å². The van der Waals surface area contributed by atoms with Crippen LogP contribution in [0.5, 0.6) is 5.75 Å². The van der Waals surface area contributed by atoms with Gasteiger partial charge in [-0.1, -0.05) is 18.2 Å². The van der Waals surface area contributed by atoms with Gasteiger partial charge in [0.15, 0.2) is 0 Å². The molecule has 0 saturated heterocycles. The van der Waals surface area contributed by atoms with E-state index in [2.05, 4.69) is 0 Å². The molecular weight excluding hydrogens is 358 g/mol. The van der Waals surface area contributed by atoms with Gasteiger partial charge in [0.05, 0.1) is 26.2 Å². The third-order valence-corrected chi connectivity index (χ3v) is 5.59. The summed E-state index contributed by atoms with van der Waals surface area (Å²) in [4.78, 5) is 27.1. The van der Waals surface area contributed by atoms with Crippen molar-refractivity contribution in [2.24, 2.45) is 17.8 Å². The molecule has 2 aliphatic rings. The lowest BCUT2D eigenvalue weighted by molar-refractivity contribution is -0.145. The molecule has 0 heterocycles. The highest BCUT2D eigenvalue weighted by atomic mass is 16.6. The van der Waals surface area contributed by atoms with E-state index in [4.69, 9.17) is 14.2 Å². The highest BCUT2D eigenvalue weighted by molar-refractivity contribution is 5.77. The third kappa shape index (κ3) is 4.26. The molecule has 0 radical (unpaired) electrons. The summed E-state index contributed by atoms with van der Waals surface area (Å²) in [5.74, 6) is 0.973. The van der Waals surface area contributed by atoms with Crippen LogP contribution in [0.25, 0.3) is 0 Å². The number of rotatable bonds is 6. The number of carbonyl (C=O) groups excluding carboxylic acids is 2. The average Bonchev–Trinajstić information content (AvgIpc) is 3.20. The molecule has 4 atom stereocenters. The molecule has 2 saturated carbocycles. The van der Waals surface area contributed by atoms with Crippen LogP contribution in [0.4, 0.5) is 4.79 Å². The molecule has 0 bridgehead atoms. The molecule has 1 aromatic rings. The molecule has 0 aromatic heterocycles. The highest BCUT2D eigenvalue weighted by Gasteiger charge is 2.64. The Hall–Kier alpha value is -2.24. The molecule has 2 aliphatic carbocycles. The summed E-state index contributed by atoms with van der Waals surface area (Å²) in [7, 11) is 1.62. The van der Waals surface area contributed by atoms with Gasteiger partial charge >= 0.3 is 12.1 Å². The normalized spacial score (nSPS) is 25.6. The van der Waals surface area contributed by atoms with Crippen molar-refractivity contribution >= 4 is 12.1 Å². The van der Waals surface area contributed by atoms with Crippen LogP contribution in [0.2, 0.25) is 0 Å². The van der Waals surface area contributed by atoms with Gasteiger partial charge < -0.3 is 19.1 Å². The first kappa shape index (κ1) is 20.5. The van der Waals surface area contributed by atoms with Crippen LogP contribution in [-0.2, 0) is 20.8 Å². The Balaban J connectivity index is 1.83. The molecule has 28 heavy (non-hydrogen) atoms. The molecule has 6 nitrogen and oxygen atoms in total. The fraction of sp³-hybridized carbons (Fsp3) is 0.636. The zero-order valence-corrected chi connectivity index (χ0v) is 17.4. The van der Waals surface area contributed by atoms with E-state index in [-0.39, 0.29) is 29.9 Å². The first-order chi connectivity index (χ1) is 13.3. The SMILES string of the molecule is CCOC(=O)[C@H]1[C@@H]2CC[C@H](N(Cc3ccccc3OC)C(=O)OC(C)(C)C)[C@@H]21. The molecule has 1 amide bonds. The Kier molecular flexibility index (Phi) is 5.87. The maximum atomic E-state index is 13.1. The molecule has 3 rings (SSSR count). The van der Waals surface area contributed by atoms with Crippen LogP contribution in [-0.4, -0.2) is 42.3 Å². The quantitative estimate of drug-likeness (QED) is 0.688. The number of methoxy groups -OCH3 is 1. The standard InChI is InChI=1S/C22H31NO5/c1-6-27-20(24)19-15-11-12-16(18(15)19)23(21(25)28-22(2,3)4)13-14-9-7-8-10-17(14)26-5/h7-10,15-16,18-19H,6,11-13H2,1-5H3/t15-,16+,18-,19+/m1/s1. The van der Waals surface area contributed by atoms with Crippen molar-refractivity contribution in [3.63, 3.8) is 0 Å². The lowest BCUT2D eigenvalue weighted by Crippen LogP contribution is -2.44. The second-order valence-corrected chi connectivity index (χ2v) is 8.58. The maximum absolute atomic E-state index is 13.1. The molecule has 0 spiro atoms. The second-order valence-electron chi connectivity index (χ2n) is 8.58. The van der Waals surface area contributed by atoms with Crippen molar-refractivity contribution < 1.29 is 23.8 Å². The smallest absolute Gasteiger partial charge is 0.410 e. The maximum Gasteiger partial charge on any atom is 0.410 e. The van der Waals surface area contributed by atoms with Crippen LogP contribution in [0.1, 0.15) is 46.1 Å². The molecule has 0 unspecified atom stereocenters. The predicted octanol–water partition coefficient (Wildman–Crippen LogP) is 4.02. The summed E-state index contributed by atoms with van der Waals surface area (Å²) in [6.07, 6.45) is 1.46. The largest absolute Gasteiger partial charge is 0.496 e. The van der Waals surface area contributed by atoms with Gasteiger partial charge in [-0.3, -0.25) is 4.79 Å². The number of hydrogen-bond acceptors (Lipinski definition) is 5. The van der Waals surface area contributed by atoms with Gasteiger partial charge in [0.2, 0.25) is 0 Å². The predicted molar refractivity (Wildman–Crippen MR) is 105 cm³/mol. The summed E-state index contributed by atoms with van der Waals surface area (Å²) in [5.41, 5.74) is 0.339. The zero-order valence-electron chi connectivity index (χ0n) is 17.4. The van der Waals surface area contributed by atoms with Gasteiger partial charge in [-0.05, 0) is 58.4 Å². The van der Waals surface area contributed by atoms with Crippen LogP contribution in [0.15, 0.2) is 24.3 Å². The van der Waals surface area contributed by atoms with E-state index < -0.39 is 5.60 Å². The number of fused-ring (bicyclic) bond motifs is 1. The number of carbonyl (C=O) groups is 2. The molecule has 6 heteroatoms. The Bertz CT molecular complexity index is 726. The fourth-order valence-corrected chi connectivity index (χ4v) is 4.44. The number of para-hydroxylation sites is 1. The van der Waals surface area contributed by atoms with Crippen LogP contribution >= 0.6 is 0 Å². The van der Waals surface area contributed by atoms with Gasteiger partial charge in [0, 0.05) is 11.6 Å². The summed E-state index contributed by atoms with van der Waals surface area (Å²) >= 11 is 0. The molecular formula is C22H31NO5. The summed E-state index contributed by atoms with van der Waals surface area (Å²) in [6, 6.07) is 7.65. The Morgan fingerprint density at radius 1 is 1.18 bits per heavy atom. The number of hydrogen-bond donors (Lipinski definition) is 0. The van der Waals surface area contributed by atoms with Crippen molar-refractivity contribution in [3.8, 4) is 5.75 Å².